The second kappa shape index (κ2) is 11.4. The maximum Gasteiger partial charge on any atom is 0.185 e. The summed E-state index contributed by atoms with van der Waals surface area (Å²) in [5.41, 5.74) is 0. The molecule has 1 aliphatic heterocycles. The van der Waals surface area contributed by atoms with Gasteiger partial charge in [-0.1, -0.05) is 18.2 Å². The van der Waals surface area contributed by atoms with Gasteiger partial charge in [-0.05, 0) is 40.3 Å². The third-order valence-corrected chi connectivity index (χ3v) is 4.66. The fourth-order valence-corrected chi connectivity index (χ4v) is 2.88. The fourth-order valence-electron chi connectivity index (χ4n) is 2.39. The molecular formula is C17H33NO4S. The minimum Gasteiger partial charge on any atom is -0.379 e. The standard InChI is InChI=1S/C17H33NO4S/c1-15(19)23-12-11-20-10-9-18(4)8-6-5-7-16-13-21-17(2,3)22-14-16/h16H,5-14H2,1-4H3. The summed E-state index contributed by atoms with van der Waals surface area (Å²) in [6.07, 6.45) is 3.57. The molecule has 0 radical (unpaired) electrons. The zero-order chi connectivity index (χ0) is 17.1. The molecule has 5 nitrogen and oxygen atoms in total. The second-order valence-electron chi connectivity index (χ2n) is 6.64. The summed E-state index contributed by atoms with van der Waals surface area (Å²) >= 11 is 1.32. The fraction of sp³-hybridized carbons (Fsp3) is 0.941. The maximum absolute atomic E-state index is 10.8. The topological polar surface area (TPSA) is 48.0 Å². The smallest absolute Gasteiger partial charge is 0.185 e. The molecule has 0 amide bonds. The number of likely N-dealkylation sites (N-methyl/N-ethyl adjacent to an activating group) is 1. The van der Waals surface area contributed by atoms with Crippen LogP contribution in [0.15, 0.2) is 0 Å². The number of ether oxygens (including phenoxy) is 3. The quantitative estimate of drug-likeness (QED) is 0.536. The van der Waals surface area contributed by atoms with Gasteiger partial charge in [-0.2, -0.15) is 0 Å². The van der Waals surface area contributed by atoms with E-state index < -0.39 is 5.79 Å². The number of nitrogens with zero attached hydrogens (tertiary/aromatic N) is 1. The molecule has 0 atom stereocenters. The molecule has 23 heavy (non-hydrogen) atoms. The third kappa shape index (κ3) is 11.1. The van der Waals surface area contributed by atoms with Crippen LogP contribution in [0.4, 0.5) is 0 Å². The van der Waals surface area contributed by atoms with E-state index in [1.54, 1.807) is 6.92 Å². The van der Waals surface area contributed by atoms with Crippen molar-refractivity contribution in [2.45, 2.75) is 45.8 Å². The zero-order valence-corrected chi connectivity index (χ0v) is 16.0. The van der Waals surface area contributed by atoms with E-state index in [2.05, 4.69) is 11.9 Å². The van der Waals surface area contributed by atoms with Crippen LogP contribution in [0, 0.1) is 5.92 Å². The first kappa shape index (κ1) is 20.9. The van der Waals surface area contributed by atoms with Gasteiger partial charge in [0.25, 0.3) is 0 Å². The van der Waals surface area contributed by atoms with Gasteiger partial charge < -0.3 is 19.1 Å². The van der Waals surface area contributed by atoms with E-state index in [-0.39, 0.29) is 5.12 Å². The molecule has 136 valence electrons. The first-order chi connectivity index (χ1) is 10.9. The number of carbonyl (C=O) groups is 1. The Morgan fingerprint density at radius 1 is 1.22 bits per heavy atom. The lowest BCUT2D eigenvalue weighted by molar-refractivity contribution is -0.262. The van der Waals surface area contributed by atoms with Gasteiger partial charge in [0.2, 0.25) is 0 Å². The van der Waals surface area contributed by atoms with Crippen LogP contribution in [0.25, 0.3) is 0 Å². The van der Waals surface area contributed by atoms with Crippen LogP contribution < -0.4 is 0 Å². The highest BCUT2D eigenvalue weighted by molar-refractivity contribution is 8.13. The molecule has 1 aliphatic rings. The normalized spacial score (nSPS) is 18.5. The van der Waals surface area contributed by atoms with Gasteiger partial charge in [-0.25, -0.2) is 0 Å². The summed E-state index contributed by atoms with van der Waals surface area (Å²) < 4.78 is 16.9. The molecule has 1 fully saturated rings. The Morgan fingerprint density at radius 3 is 2.57 bits per heavy atom. The number of hydrogen-bond acceptors (Lipinski definition) is 6. The average molecular weight is 348 g/mol. The average Bonchev–Trinajstić information content (AvgIpc) is 2.48. The van der Waals surface area contributed by atoms with E-state index in [0.717, 1.165) is 38.7 Å². The third-order valence-electron chi connectivity index (χ3n) is 3.89. The van der Waals surface area contributed by atoms with Crippen molar-refractivity contribution in [2.24, 2.45) is 5.92 Å². The van der Waals surface area contributed by atoms with Crippen molar-refractivity contribution in [3.63, 3.8) is 0 Å². The van der Waals surface area contributed by atoms with Crippen molar-refractivity contribution in [1.82, 2.24) is 4.90 Å². The monoisotopic (exact) mass is 347 g/mol. The molecule has 0 saturated carbocycles. The Morgan fingerprint density at radius 2 is 1.91 bits per heavy atom. The molecule has 0 bridgehead atoms. The lowest BCUT2D eigenvalue weighted by atomic mass is 10.0. The molecule has 0 aromatic rings. The van der Waals surface area contributed by atoms with E-state index in [1.165, 1.54) is 31.0 Å². The molecule has 0 aliphatic carbocycles. The molecule has 0 aromatic heterocycles. The zero-order valence-electron chi connectivity index (χ0n) is 15.1. The van der Waals surface area contributed by atoms with Crippen LogP contribution in [0.2, 0.25) is 0 Å². The van der Waals surface area contributed by atoms with Crippen molar-refractivity contribution >= 4 is 16.9 Å². The number of thioether (sulfide) groups is 1. The lowest BCUT2D eigenvalue weighted by Gasteiger charge is -2.35. The summed E-state index contributed by atoms with van der Waals surface area (Å²) in [6.45, 7) is 10.6. The summed E-state index contributed by atoms with van der Waals surface area (Å²) in [5.74, 6) is 0.886. The van der Waals surface area contributed by atoms with Gasteiger partial charge in [0.15, 0.2) is 10.9 Å². The Labute approximate surface area is 145 Å². The number of hydrogen-bond donors (Lipinski definition) is 0. The Hall–Kier alpha value is -0.140. The van der Waals surface area contributed by atoms with Crippen LogP contribution in [0.1, 0.15) is 40.0 Å². The van der Waals surface area contributed by atoms with Crippen molar-refractivity contribution in [1.29, 1.82) is 0 Å². The highest BCUT2D eigenvalue weighted by Gasteiger charge is 2.27. The summed E-state index contributed by atoms with van der Waals surface area (Å²) in [6, 6.07) is 0. The molecule has 0 spiro atoms. The Balaban J connectivity index is 1.90. The van der Waals surface area contributed by atoms with Gasteiger partial charge in [-0.3, -0.25) is 4.79 Å². The van der Waals surface area contributed by atoms with Crippen molar-refractivity contribution in [3.05, 3.63) is 0 Å². The highest BCUT2D eigenvalue weighted by Crippen LogP contribution is 2.23. The number of rotatable bonds is 11. The highest BCUT2D eigenvalue weighted by atomic mass is 32.2. The van der Waals surface area contributed by atoms with Crippen LogP contribution in [0.3, 0.4) is 0 Å². The summed E-state index contributed by atoms with van der Waals surface area (Å²) in [5, 5.41) is 0.156. The predicted octanol–water partition coefficient (Wildman–Crippen LogP) is 2.78. The summed E-state index contributed by atoms with van der Waals surface area (Å²) in [4.78, 5) is 13.1. The molecule has 1 rings (SSSR count). The van der Waals surface area contributed by atoms with Gasteiger partial charge in [0, 0.05) is 25.1 Å². The number of unbranched alkanes of at least 4 members (excludes halogenated alkanes) is 1. The van der Waals surface area contributed by atoms with E-state index in [1.807, 2.05) is 13.8 Å². The van der Waals surface area contributed by atoms with E-state index >= 15 is 0 Å². The summed E-state index contributed by atoms with van der Waals surface area (Å²) in [7, 11) is 2.13. The van der Waals surface area contributed by atoms with Crippen LogP contribution in [0.5, 0.6) is 0 Å². The van der Waals surface area contributed by atoms with Crippen molar-refractivity contribution in [3.8, 4) is 0 Å². The molecule has 0 aromatic carbocycles. The SMILES string of the molecule is CC(=O)SCCOCCN(C)CCCCC1COC(C)(C)OC1. The number of carbonyl (C=O) groups excluding carboxylic acids is 1. The molecule has 0 N–H and O–H groups in total. The molecule has 0 unspecified atom stereocenters. The van der Waals surface area contributed by atoms with Crippen LogP contribution in [-0.4, -0.2) is 68.1 Å². The van der Waals surface area contributed by atoms with Gasteiger partial charge >= 0.3 is 0 Å². The van der Waals surface area contributed by atoms with Crippen molar-refractivity contribution < 1.29 is 19.0 Å². The first-order valence-corrected chi connectivity index (χ1v) is 9.55. The van der Waals surface area contributed by atoms with Gasteiger partial charge in [-0.15, -0.1) is 0 Å². The maximum atomic E-state index is 10.8. The van der Waals surface area contributed by atoms with Crippen molar-refractivity contribution in [2.75, 3.05) is 52.3 Å². The van der Waals surface area contributed by atoms with E-state index in [4.69, 9.17) is 14.2 Å². The molecular weight excluding hydrogens is 314 g/mol. The van der Waals surface area contributed by atoms with Gasteiger partial charge in [0.1, 0.15) is 0 Å². The predicted molar refractivity (Wildman–Crippen MR) is 94.8 cm³/mol. The first-order valence-electron chi connectivity index (χ1n) is 8.56. The molecule has 1 saturated heterocycles. The van der Waals surface area contributed by atoms with Crippen LogP contribution in [-0.2, 0) is 19.0 Å². The minimum absolute atomic E-state index is 0.156. The molecule has 1 heterocycles. The minimum atomic E-state index is -0.403. The Kier molecular flexibility index (Phi) is 10.4. The largest absolute Gasteiger partial charge is 0.379 e. The van der Waals surface area contributed by atoms with Crippen LogP contribution >= 0.6 is 11.8 Å². The van der Waals surface area contributed by atoms with E-state index in [9.17, 15) is 4.79 Å². The Bertz CT molecular complexity index is 329. The lowest BCUT2D eigenvalue weighted by Crippen LogP contribution is -2.39. The van der Waals surface area contributed by atoms with E-state index in [0.29, 0.717) is 12.5 Å². The second-order valence-corrected chi connectivity index (χ2v) is 7.91. The van der Waals surface area contributed by atoms with Gasteiger partial charge in [0.05, 0.1) is 26.4 Å². The molecule has 6 heteroatoms.